The molecule has 1 aliphatic rings. The Labute approximate surface area is 123 Å². The Balaban J connectivity index is 2.43. The van der Waals surface area contributed by atoms with Gasteiger partial charge in [0.25, 0.3) is 0 Å². The highest BCUT2D eigenvalue weighted by atomic mass is 35.5. The molecule has 1 aliphatic carbocycles. The lowest BCUT2D eigenvalue weighted by atomic mass is 9.83. The van der Waals surface area contributed by atoms with E-state index in [0.29, 0.717) is 0 Å². The topological polar surface area (TPSA) is 74.6 Å². The molecule has 0 aliphatic heterocycles. The maximum atomic E-state index is 12.4. The van der Waals surface area contributed by atoms with Crippen LogP contribution in [0.2, 0.25) is 10.0 Å². The van der Waals surface area contributed by atoms with Gasteiger partial charge in [-0.3, -0.25) is 9.59 Å². The Bertz CT molecular complexity index is 796. The van der Waals surface area contributed by atoms with Gasteiger partial charge in [-0.25, -0.2) is 0 Å². The lowest BCUT2D eigenvalue weighted by Crippen LogP contribution is -2.21. The van der Waals surface area contributed by atoms with E-state index in [1.165, 1.54) is 12.1 Å². The molecule has 0 atom stereocenters. The second kappa shape index (κ2) is 4.23. The van der Waals surface area contributed by atoms with Crippen LogP contribution in [0.25, 0.3) is 0 Å². The summed E-state index contributed by atoms with van der Waals surface area (Å²) >= 11 is 11.8. The van der Waals surface area contributed by atoms with Gasteiger partial charge in [-0.15, -0.1) is 0 Å². The molecule has 0 saturated carbocycles. The van der Waals surface area contributed by atoms with Gasteiger partial charge in [0.2, 0.25) is 0 Å². The van der Waals surface area contributed by atoms with Gasteiger partial charge in [-0.2, -0.15) is 0 Å². The van der Waals surface area contributed by atoms with E-state index in [-0.39, 0.29) is 43.8 Å². The normalized spacial score (nSPS) is 13.1. The Hall–Kier alpha value is -2.04. The van der Waals surface area contributed by atoms with Crippen LogP contribution in [0.5, 0.6) is 11.5 Å². The molecule has 0 unspecified atom stereocenters. The summed E-state index contributed by atoms with van der Waals surface area (Å²) in [6, 6.07) is 4.96. The van der Waals surface area contributed by atoms with Crippen molar-refractivity contribution in [2.24, 2.45) is 0 Å². The molecule has 2 aromatic rings. The van der Waals surface area contributed by atoms with Crippen molar-refractivity contribution in [3.63, 3.8) is 0 Å². The number of ketones is 2. The molecule has 100 valence electrons. The third-order valence-corrected chi connectivity index (χ3v) is 3.66. The second-order valence-corrected chi connectivity index (χ2v) is 5.17. The predicted molar refractivity (Wildman–Crippen MR) is 73.1 cm³/mol. The third kappa shape index (κ3) is 1.62. The van der Waals surface area contributed by atoms with Crippen LogP contribution in [0.1, 0.15) is 31.8 Å². The number of aromatic hydroxyl groups is 2. The van der Waals surface area contributed by atoms with E-state index in [1.807, 2.05) is 0 Å². The number of rotatable bonds is 0. The summed E-state index contributed by atoms with van der Waals surface area (Å²) in [5.41, 5.74) is -0.483. The molecule has 0 amide bonds. The minimum Gasteiger partial charge on any atom is -0.507 e. The van der Waals surface area contributed by atoms with Crippen LogP contribution < -0.4 is 0 Å². The number of carbonyl (C=O) groups is 2. The van der Waals surface area contributed by atoms with E-state index in [1.54, 1.807) is 0 Å². The highest BCUT2D eigenvalue weighted by molar-refractivity contribution is 6.41. The molecule has 0 saturated heterocycles. The van der Waals surface area contributed by atoms with Gasteiger partial charge in [0.1, 0.15) is 11.5 Å². The van der Waals surface area contributed by atoms with Gasteiger partial charge in [-0.1, -0.05) is 23.2 Å². The summed E-state index contributed by atoms with van der Waals surface area (Å²) in [5, 5.41) is 19.8. The van der Waals surface area contributed by atoms with Crippen molar-refractivity contribution in [3.8, 4) is 11.5 Å². The molecule has 20 heavy (non-hydrogen) atoms. The SMILES string of the molecule is O=C1c2cc(Cl)cc(Cl)c2C(=O)c2c(O)ccc(O)c21. The molecule has 4 nitrogen and oxygen atoms in total. The van der Waals surface area contributed by atoms with Crippen molar-refractivity contribution < 1.29 is 19.8 Å². The van der Waals surface area contributed by atoms with Gasteiger partial charge in [0.15, 0.2) is 11.6 Å². The zero-order valence-electron chi connectivity index (χ0n) is 9.78. The molecular formula is C14H6Cl2O4. The Morgan fingerprint density at radius 1 is 0.800 bits per heavy atom. The minimum absolute atomic E-state index is 0.0147. The van der Waals surface area contributed by atoms with Gasteiger partial charge in [-0.05, 0) is 24.3 Å². The van der Waals surface area contributed by atoms with Gasteiger partial charge in [0, 0.05) is 10.6 Å². The number of phenols is 2. The Morgan fingerprint density at radius 3 is 1.95 bits per heavy atom. The van der Waals surface area contributed by atoms with Gasteiger partial charge in [0.05, 0.1) is 21.7 Å². The summed E-state index contributed by atoms with van der Waals surface area (Å²) in [5.74, 6) is -1.98. The van der Waals surface area contributed by atoms with Crippen LogP contribution >= 0.6 is 23.2 Å². The van der Waals surface area contributed by atoms with Crippen LogP contribution in [0.3, 0.4) is 0 Å². The smallest absolute Gasteiger partial charge is 0.199 e. The minimum atomic E-state index is -0.621. The van der Waals surface area contributed by atoms with Crippen LogP contribution in [0.4, 0.5) is 0 Å². The lowest BCUT2D eigenvalue weighted by molar-refractivity contribution is 0.0974. The molecular weight excluding hydrogens is 303 g/mol. The summed E-state index contributed by atoms with van der Waals surface area (Å²) < 4.78 is 0. The summed E-state index contributed by atoms with van der Waals surface area (Å²) in [6.45, 7) is 0. The molecule has 0 radical (unpaired) electrons. The van der Waals surface area contributed by atoms with Crippen LogP contribution in [0, 0.1) is 0 Å². The maximum absolute atomic E-state index is 12.4. The number of fused-ring (bicyclic) bond motifs is 2. The van der Waals surface area contributed by atoms with E-state index in [0.717, 1.165) is 12.1 Å². The first-order valence-electron chi connectivity index (χ1n) is 5.55. The van der Waals surface area contributed by atoms with E-state index < -0.39 is 11.6 Å². The van der Waals surface area contributed by atoms with E-state index in [4.69, 9.17) is 23.2 Å². The maximum Gasteiger partial charge on any atom is 0.199 e. The summed E-state index contributed by atoms with van der Waals surface area (Å²) in [7, 11) is 0. The first kappa shape index (κ1) is 13.0. The van der Waals surface area contributed by atoms with Crippen LogP contribution in [-0.2, 0) is 0 Å². The average molecular weight is 309 g/mol. The van der Waals surface area contributed by atoms with Crippen molar-refractivity contribution in [1.29, 1.82) is 0 Å². The third-order valence-electron chi connectivity index (χ3n) is 3.14. The monoisotopic (exact) mass is 308 g/mol. The molecule has 0 bridgehead atoms. The van der Waals surface area contributed by atoms with Crippen LogP contribution in [0.15, 0.2) is 24.3 Å². The molecule has 2 aromatic carbocycles. The average Bonchev–Trinajstić information content (AvgIpc) is 2.37. The highest BCUT2D eigenvalue weighted by Gasteiger charge is 2.36. The number of benzene rings is 2. The van der Waals surface area contributed by atoms with E-state index in [9.17, 15) is 19.8 Å². The van der Waals surface area contributed by atoms with Crippen LogP contribution in [-0.4, -0.2) is 21.8 Å². The van der Waals surface area contributed by atoms with E-state index in [2.05, 4.69) is 0 Å². The number of hydrogen-bond donors (Lipinski definition) is 2. The number of halogens is 2. The molecule has 0 heterocycles. The van der Waals surface area contributed by atoms with Gasteiger partial charge >= 0.3 is 0 Å². The number of hydrogen-bond acceptors (Lipinski definition) is 4. The Kier molecular flexibility index (Phi) is 2.74. The van der Waals surface area contributed by atoms with Crippen molar-refractivity contribution in [2.75, 3.05) is 0 Å². The predicted octanol–water partition coefficient (Wildman–Crippen LogP) is 3.18. The Morgan fingerprint density at radius 2 is 1.35 bits per heavy atom. The summed E-state index contributed by atoms with van der Waals surface area (Å²) in [4.78, 5) is 24.8. The second-order valence-electron chi connectivity index (χ2n) is 4.32. The largest absolute Gasteiger partial charge is 0.507 e. The van der Waals surface area contributed by atoms with Crippen molar-refractivity contribution in [2.45, 2.75) is 0 Å². The van der Waals surface area contributed by atoms with Crippen molar-refractivity contribution in [3.05, 3.63) is 56.6 Å². The molecule has 0 spiro atoms. The molecule has 3 rings (SSSR count). The zero-order chi connectivity index (χ0) is 14.6. The fourth-order valence-electron chi connectivity index (χ4n) is 2.28. The lowest BCUT2D eigenvalue weighted by Gasteiger charge is -2.20. The number of phenolic OH excluding ortho intramolecular Hbond substituents is 2. The standard InChI is InChI=1S/C14H6Cl2O4/c15-5-3-6-10(7(16)4-5)14(20)12-9(18)2-1-8(17)11(12)13(6)19/h1-4,17-18H. The first-order chi connectivity index (χ1) is 9.41. The summed E-state index contributed by atoms with van der Waals surface area (Å²) in [6.07, 6.45) is 0. The molecule has 2 N–H and O–H groups in total. The molecule has 0 fully saturated rings. The van der Waals surface area contributed by atoms with Gasteiger partial charge < -0.3 is 10.2 Å². The highest BCUT2D eigenvalue weighted by Crippen LogP contribution is 2.40. The first-order valence-corrected chi connectivity index (χ1v) is 6.30. The quantitative estimate of drug-likeness (QED) is 0.625. The fraction of sp³-hybridized carbons (Fsp3) is 0. The zero-order valence-corrected chi connectivity index (χ0v) is 11.3. The van der Waals surface area contributed by atoms with Crippen molar-refractivity contribution >= 4 is 34.8 Å². The molecule has 0 aromatic heterocycles. The van der Waals surface area contributed by atoms with Crippen molar-refractivity contribution in [1.82, 2.24) is 0 Å². The number of carbonyl (C=O) groups excluding carboxylic acids is 2. The molecule has 6 heteroatoms. The fourth-order valence-corrected chi connectivity index (χ4v) is 2.86. The van der Waals surface area contributed by atoms with E-state index >= 15 is 0 Å².